The lowest BCUT2D eigenvalue weighted by Crippen LogP contribution is -2.10. The molecule has 94 valence electrons. The molecule has 2 aromatic rings. The minimum atomic E-state index is -0.713. The largest absolute Gasteiger partial charge is 0.481 e. The number of aliphatic carboxylic acids is 1. The Morgan fingerprint density at radius 3 is 2.94 bits per heavy atom. The van der Waals surface area contributed by atoms with Gasteiger partial charge in [-0.3, -0.25) is 4.79 Å². The minimum absolute atomic E-state index is 0.149. The van der Waals surface area contributed by atoms with Gasteiger partial charge in [-0.15, -0.1) is 10.2 Å². The van der Waals surface area contributed by atoms with Gasteiger partial charge in [0.1, 0.15) is 0 Å². The predicted octanol–water partition coefficient (Wildman–Crippen LogP) is 1.40. The summed E-state index contributed by atoms with van der Waals surface area (Å²) >= 11 is 0. The quantitative estimate of drug-likeness (QED) is 0.866. The smallest absolute Gasteiger partial charge is 0.306 e. The summed E-state index contributed by atoms with van der Waals surface area (Å²) in [5.74, 6) is -0.0320. The van der Waals surface area contributed by atoms with Crippen LogP contribution in [0.3, 0.4) is 0 Å². The van der Waals surface area contributed by atoms with Crippen LogP contribution in [0.15, 0.2) is 12.1 Å². The van der Waals surface area contributed by atoms with Gasteiger partial charge in [-0.25, -0.2) is 0 Å². The number of aromatic nitrogens is 4. The van der Waals surface area contributed by atoms with E-state index in [0.29, 0.717) is 12.8 Å². The Morgan fingerprint density at radius 2 is 2.22 bits per heavy atom. The van der Waals surface area contributed by atoms with Crippen LogP contribution in [0.25, 0.3) is 5.65 Å². The third-order valence-electron chi connectivity index (χ3n) is 3.57. The summed E-state index contributed by atoms with van der Waals surface area (Å²) in [7, 11) is 0. The first kappa shape index (κ1) is 11.1. The topological polar surface area (TPSA) is 80.4 Å². The summed E-state index contributed by atoms with van der Waals surface area (Å²) in [6, 6.07) is 3.77. The van der Waals surface area contributed by atoms with E-state index in [2.05, 4.69) is 15.3 Å². The Bertz CT molecular complexity index is 607. The third-order valence-corrected chi connectivity index (χ3v) is 3.57. The number of hydrogen-bond donors (Lipinski definition) is 1. The van der Waals surface area contributed by atoms with Crippen molar-refractivity contribution >= 4 is 11.6 Å². The molecule has 2 aromatic heterocycles. The minimum Gasteiger partial charge on any atom is -0.481 e. The van der Waals surface area contributed by atoms with Gasteiger partial charge in [0.2, 0.25) is 0 Å². The van der Waals surface area contributed by atoms with Crippen LogP contribution in [0.5, 0.6) is 0 Å². The molecule has 0 spiro atoms. The number of fused-ring (bicyclic) bond motifs is 1. The van der Waals surface area contributed by atoms with Gasteiger partial charge in [0.15, 0.2) is 11.5 Å². The van der Waals surface area contributed by atoms with E-state index in [1.807, 2.05) is 19.1 Å². The average molecular weight is 246 g/mol. The zero-order valence-corrected chi connectivity index (χ0v) is 10.1. The Balaban J connectivity index is 1.95. The second-order valence-corrected chi connectivity index (χ2v) is 4.85. The summed E-state index contributed by atoms with van der Waals surface area (Å²) in [6.45, 7) is 1.91. The molecule has 18 heavy (non-hydrogen) atoms. The molecule has 0 amide bonds. The molecule has 0 radical (unpaired) electrons. The average Bonchev–Trinajstić information content (AvgIpc) is 2.93. The normalized spacial score (nSPS) is 23.6. The summed E-state index contributed by atoms with van der Waals surface area (Å²) in [4.78, 5) is 11.0. The van der Waals surface area contributed by atoms with Gasteiger partial charge in [-0.2, -0.15) is 9.61 Å². The zero-order valence-electron chi connectivity index (χ0n) is 10.1. The molecule has 1 N–H and O–H groups in total. The molecule has 1 aliphatic carbocycles. The van der Waals surface area contributed by atoms with Gasteiger partial charge < -0.3 is 5.11 Å². The first-order valence-corrected chi connectivity index (χ1v) is 6.07. The Hall–Kier alpha value is -1.98. The second kappa shape index (κ2) is 4.04. The molecule has 1 fully saturated rings. The van der Waals surface area contributed by atoms with Gasteiger partial charge in [-0.1, -0.05) is 0 Å². The number of carbonyl (C=O) groups is 1. The summed E-state index contributed by atoms with van der Waals surface area (Å²) < 4.78 is 1.74. The Labute approximate surface area is 104 Å². The van der Waals surface area contributed by atoms with Crippen molar-refractivity contribution in [1.29, 1.82) is 0 Å². The fourth-order valence-corrected chi connectivity index (χ4v) is 2.59. The summed E-state index contributed by atoms with van der Waals surface area (Å²) in [6.07, 6.45) is 2.18. The van der Waals surface area contributed by atoms with Gasteiger partial charge >= 0.3 is 5.97 Å². The highest BCUT2D eigenvalue weighted by Gasteiger charge is 2.33. The molecule has 6 nitrogen and oxygen atoms in total. The van der Waals surface area contributed by atoms with Gasteiger partial charge in [-0.05, 0) is 38.3 Å². The molecule has 0 aromatic carbocycles. The highest BCUT2D eigenvalue weighted by atomic mass is 16.4. The van der Waals surface area contributed by atoms with Crippen molar-refractivity contribution in [1.82, 2.24) is 19.8 Å². The van der Waals surface area contributed by atoms with Crippen LogP contribution in [0.4, 0.5) is 0 Å². The molecule has 2 heterocycles. The van der Waals surface area contributed by atoms with E-state index in [1.54, 1.807) is 4.52 Å². The molecule has 1 aliphatic rings. The van der Waals surface area contributed by atoms with E-state index in [4.69, 9.17) is 5.11 Å². The van der Waals surface area contributed by atoms with E-state index in [0.717, 1.165) is 23.6 Å². The van der Waals surface area contributed by atoms with Crippen LogP contribution in [-0.2, 0) is 4.79 Å². The highest BCUT2D eigenvalue weighted by Crippen LogP contribution is 2.37. The number of aryl methyl sites for hydroxylation is 1. The maximum Gasteiger partial charge on any atom is 0.306 e. The molecule has 0 saturated heterocycles. The third kappa shape index (κ3) is 1.73. The Morgan fingerprint density at radius 1 is 1.39 bits per heavy atom. The van der Waals surface area contributed by atoms with Crippen LogP contribution in [0, 0.1) is 12.8 Å². The molecule has 3 rings (SSSR count). The maximum absolute atomic E-state index is 11.0. The molecular weight excluding hydrogens is 232 g/mol. The van der Waals surface area contributed by atoms with Crippen molar-refractivity contribution in [3.05, 3.63) is 23.7 Å². The van der Waals surface area contributed by atoms with Crippen LogP contribution < -0.4 is 0 Å². The van der Waals surface area contributed by atoms with Crippen molar-refractivity contribution < 1.29 is 9.90 Å². The molecule has 1 saturated carbocycles. The lowest BCUT2D eigenvalue weighted by molar-refractivity contribution is -0.141. The van der Waals surface area contributed by atoms with Gasteiger partial charge in [0, 0.05) is 5.92 Å². The van der Waals surface area contributed by atoms with Gasteiger partial charge in [0.25, 0.3) is 0 Å². The van der Waals surface area contributed by atoms with Crippen molar-refractivity contribution in [2.45, 2.75) is 32.1 Å². The van der Waals surface area contributed by atoms with E-state index in [9.17, 15) is 4.79 Å². The maximum atomic E-state index is 11.0. The first-order chi connectivity index (χ1) is 8.65. The van der Waals surface area contributed by atoms with E-state index >= 15 is 0 Å². The van der Waals surface area contributed by atoms with Crippen LogP contribution in [-0.4, -0.2) is 30.9 Å². The first-order valence-electron chi connectivity index (χ1n) is 6.07. The van der Waals surface area contributed by atoms with Crippen molar-refractivity contribution in [3.8, 4) is 0 Å². The lowest BCUT2D eigenvalue weighted by Gasteiger charge is -2.06. The number of carboxylic acid groups (broad SMARTS) is 1. The summed E-state index contributed by atoms with van der Waals surface area (Å²) in [5.41, 5.74) is 1.62. The Kier molecular flexibility index (Phi) is 2.50. The van der Waals surface area contributed by atoms with E-state index in [-0.39, 0.29) is 11.8 Å². The highest BCUT2D eigenvalue weighted by molar-refractivity contribution is 5.70. The SMILES string of the molecule is Cc1ccc2nnc(C3CCC(C(=O)O)C3)n2n1. The molecule has 2 atom stereocenters. The lowest BCUT2D eigenvalue weighted by atomic mass is 10.0. The van der Waals surface area contributed by atoms with E-state index < -0.39 is 5.97 Å². The fraction of sp³-hybridized carbons (Fsp3) is 0.500. The number of hydrogen-bond acceptors (Lipinski definition) is 4. The van der Waals surface area contributed by atoms with Crippen LogP contribution in [0.2, 0.25) is 0 Å². The second-order valence-electron chi connectivity index (χ2n) is 4.85. The standard InChI is InChI=1S/C12H14N4O2/c1-7-2-5-10-13-14-11(16(10)15-7)8-3-4-9(6-8)12(17)18/h2,5,8-9H,3-4,6H2,1H3,(H,17,18). The zero-order chi connectivity index (χ0) is 12.7. The monoisotopic (exact) mass is 246 g/mol. The number of nitrogens with zero attached hydrogens (tertiary/aromatic N) is 4. The van der Waals surface area contributed by atoms with E-state index in [1.165, 1.54) is 0 Å². The van der Waals surface area contributed by atoms with Crippen LogP contribution in [0.1, 0.15) is 36.7 Å². The summed E-state index contributed by atoms with van der Waals surface area (Å²) in [5, 5.41) is 21.7. The predicted molar refractivity (Wildman–Crippen MR) is 63.2 cm³/mol. The van der Waals surface area contributed by atoms with Crippen molar-refractivity contribution in [2.24, 2.45) is 5.92 Å². The van der Waals surface area contributed by atoms with Crippen molar-refractivity contribution in [2.75, 3.05) is 0 Å². The molecule has 0 bridgehead atoms. The fourth-order valence-electron chi connectivity index (χ4n) is 2.59. The molecule has 6 heteroatoms. The number of rotatable bonds is 2. The van der Waals surface area contributed by atoms with Crippen molar-refractivity contribution in [3.63, 3.8) is 0 Å². The number of carboxylic acids is 1. The molecular formula is C12H14N4O2. The van der Waals surface area contributed by atoms with Crippen LogP contribution >= 0.6 is 0 Å². The van der Waals surface area contributed by atoms with Gasteiger partial charge in [0.05, 0.1) is 11.6 Å². The molecule has 2 unspecified atom stereocenters. The molecule has 0 aliphatic heterocycles.